The zero-order valence-electron chi connectivity index (χ0n) is 11.2. The normalized spacial score (nSPS) is 10.3. The fraction of sp³-hybridized carbons (Fsp3) is 0.286. The van der Waals surface area contributed by atoms with Gasteiger partial charge >= 0.3 is 0 Å². The molecule has 0 spiro atoms. The highest BCUT2D eigenvalue weighted by molar-refractivity contribution is 5.36. The van der Waals surface area contributed by atoms with Crippen molar-refractivity contribution in [2.45, 2.75) is 19.8 Å². The summed E-state index contributed by atoms with van der Waals surface area (Å²) in [6.45, 7) is 2.05. The van der Waals surface area contributed by atoms with Crippen LogP contribution in [0.15, 0.2) is 30.3 Å². The largest absolute Gasteiger partial charge is 0.497 e. The maximum atomic E-state index is 5.42. The molecule has 0 fully saturated rings. The van der Waals surface area contributed by atoms with Crippen molar-refractivity contribution < 1.29 is 4.74 Å². The predicted molar refractivity (Wildman–Crippen MR) is 75.0 cm³/mol. The highest BCUT2D eigenvalue weighted by Crippen LogP contribution is 2.16. The molecule has 0 saturated heterocycles. The summed E-state index contributed by atoms with van der Waals surface area (Å²) in [5.41, 5.74) is 4.65. The maximum absolute atomic E-state index is 5.42. The summed E-state index contributed by atoms with van der Waals surface area (Å²) in [7, 11) is 1.66. The van der Waals surface area contributed by atoms with Gasteiger partial charge in [0.1, 0.15) is 17.4 Å². The zero-order valence-corrected chi connectivity index (χ0v) is 11.2. The molecule has 0 radical (unpaired) electrons. The van der Waals surface area contributed by atoms with Crippen LogP contribution in [0, 0.1) is 0 Å². The van der Waals surface area contributed by atoms with Crippen LogP contribution in [0.5, 0.6) is 5.75 Å². The van der Waals surface area contributed by atoms with Crippen molar-refractivity contribution in [2.75, 3.05) is 12.5 Å². The minimum absolute atomic E-state index is 0.643. The Balaban J connectivity index is 2.26. The molecule has 19 heavy (non-hydrogen) atoms. The average molecular weight is 258 g/mol. The molecule has 5 nitrogen and oxygen atoms in total. The van der Waals surface area contributed by atoms with E-state index in [0.29, 0.717) is 12.2 Å². The first-order valence-corrected chi connectivity index (χ1v) is 6.21. The number of aryl methyl sites for hydroxylation is 1. The number of anilines is 1. The van der Waals surface area contributed by atoms with Crippen molar-refractivity contribution >= 4 is 5.82 Å². The first-order valence-electron chi connectivity index (χ1n) is 6.21. The maximum Gasteiger partial charge on any atom is 0.143 e. The van der Waals surface area contributed by atoms with Crippen LogP contribution in [0.25, 0.3) is 0 Å². The second-order valence-electron chi connectivity index (χ2n) is 4.19. The van der Waals surface area contributed by atoms with E-state index in [2.05, 4.69) is 22.3 Å². The molecule has 1 heterocycles. The first kappa shape index (κ1) is 13.3. The Morgan fingerprint density at radius 1 is 1.26 bits per heavy atom. The van der Waals surface area contributed by atoms with Gasteiger partial charge in [-0.2, -0.15) is 0 Å². The van der Waals surface area contributed by atoms with Crippen LogP contribution < -0.4 is 16.0 Å². The van der Waals surface area contributed by atoms with Gasteiger partial charge < -0.3 is 10.2 Å². The highest BCUT2D eigenvalue weighted by Gasteiger charge is 2.05. The van der Waals surface area contributed by atoms with Gasteiger partial charge in [-0.25, -0.2) is 15.8 Å². The summed E-state index contributed by atoms with van der Waals surface area (Å²) >= 11 is 0. The third-order valence-corrected chi connectivity index (χ3v) is 2.83. The number of hydrogen-bond donors (Lipinski definition) is 2. The molecule has 2 rings (SSSR count). The Kier molecular flexibility index (Phi) is 4.30. The van der Waals surface area contributed by atoms with Crippen molar-refractivity contribution in [3.63, 3.8) is 0 Å². The number of methoxy groups -OCH3 is 1. The molecule has 0 amide bonds. The zero-order chi connectivity index (χ0) is 13.7. The van der Waals surface area contributed by atoms with Crippen LogP contribution in [-0.2, 0) is 12.8 Å². The standard InChI is InChI=1S/C14H18N4O/c1-3-11-9-14(18-15)17-13(16-11)8-10-5-4-6-12(7-10)19-2/h4-7,9H,3,8,15H2,1-2H3,(H,16,17,18). The number of rotatable bonds is 5. The van der Waals surface area contributed by atoms with Crippen LogP contribution in [0.1, 0.15) is 24.0 Å². The van der Waals surface area contributed by atoms with E-state index in [1.165, 1.54) is 0 Å². The molecule has 0 saturated carbocycles. The SMILES string of the molecule is CCc1cc(NN)nc(Cc2cccc(OC)c2)n1. The van der Waals surface area contributed by atoms with E-state index in [9.17, 15) is 0 Å². The fourth-order valence-electron chi connectivity index (χ4n) is 1.85. The number of nitrogen functional groups attached to an aromatic ring is 1. The van der Waals surface area contributed by atoms with Crippen LogP contribution in [-0.4, -0.2) is 17.1 Å². The quantitative estimate of drug-likeness (QED) is 0.633. The number of ether oxygens (including phenoxy) is 1. The Labute approximate surface area is 112 Å². The molecule has 0 atom stereocenters. The average Bonchev–Trinajstić information content (AvgIpc) is 2.47. The molecule has 0 aliphatic rings. The highest BCUT2D eigenvalue weighted by atomic mass is 16.5. The third-order valence-electron chi connectivity index (χ3n) is 2.83. The van der Waals surface area contributed by atoms with Crippen molar-refractivity contribution in [2.24, 2.45) is 5.84 Å². The number of hydrazine groups is 1. The molecule has 1 aromatic carbocycles. The Morgan fingerprint density at radius 2 is 2.11 bits per heavy atom. The monoisotopic (exact) mass is 258 g/mol. The second kappa shape index (κ2) is 6.15. The second-order valence-corrected chi connectivity index (χ2v) is 4.19. The van der Waals surface area contributed by atoms with Crippen LogP contribution in [0.2, 0.25) is 0 Å². The molecule has 100 valence electrons. The van der Waals surface area contributed by atoms with Crippen molar-refractivity contribution in [1.82, 2.24) is 9.97 Å². The summed E-state index contributed by atoms with van der Waals surface area (Å²) in [5.74, 6) is 7.65. The molecule has 0 aliphatic carbocycles. The number of benzene rings is 1. The Morgan fingerprint density at radius 3 is 2.79 bits per heavy atom. The minimum atomic E-state index is 0.643. The van der Waals surface area contributed by atoms with Gasteiger partial charge in [0.15, 0.2) is 0 Å². The lowest BCUT2D eigenvalue weighted by molar-refractivity contribution is 0.414. The Bertz CT molecular complexity index is 535. The number of nitrogens with zero attached hydrogens (tertiary/aromatic N) is 2. The summed E-state index contributed by atoms with van der Waals surface area (Å²) < 4.78 is 5.21. The molecule has 5 heteroatoms. The first-order chi connectivity index (χ1) is 9.25. The lowest BCUT2D eigenvalue weighted by Gasteiger charge is -2.07. The van der Waals surface area contributed by atoms with Crippen molar-refractivity contribution in [1.29, 1.82) is 0 Å². The van der Waals surface area contributed by atoms with E-state index in [-0.39, 0.29) is 0 Å². The van der Waals surface area contributed by atoms with Crippen LogP contribution >= 0.6 is 0 Å². The molecule has 0 unspecified atom stereocenters. The molecule has 2 aromatic rings. The van der Waals surface area contributed by atoms with Crippen LogP contribution in [0.3, 0.4) is 0 Å². The lowest BCUT2D eigenvalue weighted by atomic mass is 10.1. The van der Waals surface area contributed by atoms with Gasteiger partial charge in [0, 0.05) is 18.2 Å². The molecule has 1 aromatic heterocycles. The summed E-state index contributed by atoms with van der Waals surface area (Å²) in [5, 5.41) is 0. The molecule has 0 bridgehead atoms. The van der Waals surface area contributed by atoms with Gasteiger partial charge in [0.2, 0.25) is 0 Å². The van der Waals surface area contributed by atoms with E-state index >= 15 is 0 Å². The van der Waals surface area contributed by atoms with E-state index < -0.39 is 0 Å². The van der Waals surface area contributed by atoms with E-state index in [4.69, 9.17) is 10.6 Å². The van der Waals surface area contributed by atoms with Crippen molar-refractivity contribution in [3.05, 3.63) is 47.4 Å². The van der Waals surface area contributed by atoms with Gasteiger partial charge in [-0.05, 0) is 24.1 Å². The predicted octanol–water partition coefficient (Wildman–Crippen LogP) is 1.92. The summed E-state index contributed by atoms with van der Waals surface area (Å²) in [4.78, 5) is 8.87. The van der Waals surface area contributed by atoms with Crippen LogP contribution in [0.4, 0.5) is 5.82 Å². The number of nitrogens with one attached hydrogen (secondary N) is 1. The van der Waals surface area contributed by atoms with Crippen molar-refractivity contribution in [3.8, 4) is 5.75 Å². The third kappa shape index (κ3) is 3.42. The van der Waals surface area contributed by atoms with E-state index in [1.807, 2.05) is 30.3 Å². The van der Waals surface area contributed by atoms with E-state index in [0.717, 1.165) is 29.3 Å². The summed E-state index contributed by atoms with van der Waals surface area (Å²) in [6.07, 6.45) is 1.50. The van der Waals surface area contributed by atoms with E-state index in [1.54, 1.807) is 7.11 Å². The number of hydrogen-bond acceptors (Lipinski definition) is 5. The smallest absolute Gasteiger partial charge is 0.143 e. The van der Waals surface area contributed by atoms with Gasteiger partial charge in [-0.1, -0.05) is 19.1 Å². The number of aromatic nitrogens is 2. The fourth-order valence-corrected chi connectivity index (χ4v) is 1.85. The summed E-state index contributed by atoms with van der Waals surface area (Å²) in [6, 6.07) is 9.74. The Hall–Kier alpha value is -2.14. The van der Waals surface area contributed by atoms with Gasteiger partial charge in [-0.3, -0.25) is 0 Å². The number of nitrogens with two attached hydrogens (primary N) is 1. The topological polar surface area (TPSA) is 73.1 Å². The molecule has 0 aliphatic heterocycles. The van der Waals surface area contributed by atoms with Gasteiger partial charge in [0.25, 0.3) is 0 Å². The molecule has 3 N–H and O–H groups in total. The minimum Gasteiger partial charge on any atom is -0.497 e. The lowest BCUT2D eigenvalue weighted by Crippen LogP contribution is -2.11. The molecular weight excluding hydrogens is 240 g/mol. The molecular formula is C14H18N4O. The van der Waals surface area contributed by atoms with Gasteiger partial charge in [-0.15, -0.1) is 0 Å². The van der Waals surface area contributed by atoms with Gasteiger partial charge in [0.05, 0.1) is 7.11 Å².